The Bertz CT molecular complexity index is 395. The number of rotatable bonds is 3. The summed E-state index contributed by atoms with van der Waals surface area (Å²) >= 11 is 0. The van der Waals surface area contributed by atoms with Crippen molar-refractivity contribution < 1.29 is 27.8 Å². The number of halogens is 3. The summed E-state index contributed by atoms with van der Waals surface area (Å²) in [6.45, 7) is 0. The molecular formula is C8H6F3NO3. The molecule has 0 saturated carbocycles. The van der Waals surface area contributed by atoms with Crippen molar-refractivity contribution in [2.24, 2.45) is 0 Å². The van der Waals surface area contributed by atoms with Crippen molar-refractivity contribution in [2.75, 3.05) is 7.11 Å². The molecule has 1 aromatic heterocycles. The maximum atomic E-state index is 13.1. The van der Waals surface area contributed by atoms with E-state index in [-0.39, 0.29) is 0 Å². The van der Waals surface area contributed by atoms with Crippen molar-refractivity contribution in [3.05, 3.63) is 23.3 Å². The molecule has 0 saturated heterocycles. The van der Waals surface area contributed by atoms with E-state index < -0.39 is 35.3 Å². The minimum atomic E-state index is -3.10. The molecule has 7 heteroatoms. The summed E-state index contributed by atoms with van der Waals surface area (Å²) in [5, 5.41) is 8.46. The zero-order valence-electron chi connectivity index (χ0n) is 7.50. The minimum absolute atomic E-state index is 0.521. The number of hydrogen-bond donors (Lipinski definition) is 1. The SMILES string of the molecule is COc1c(F)cc(C(=O)O)nc1C(F)F. The Labute approximate surface area is 82.3 Å². The summed E-state index contributed by atoms with van der Waals surface area (Å²) in [7, 11) is 0.992. The largest absolute Gasteiger partial charge is 0.492 e. The molecule has 1 aromatic rings. The van der Waals surface area contributed by atoms with Crippen molar-refractivity contribution in [1.82, 2.24) is 4.98 Å². The van der Waals surface area contributed by atoms with Crippen LogP contribution in [0.3, 0.4) is 0 Å². The number of aromatic nitrogens is 1. The molecule has 1 rings (SSSR count). The third-order valence-corrected chi connectivity index (χ3v) is 1.58. The quantitative estimate of drug-likeness (QED) is 0.846. The predicted octanol–water partition coefficient (Wildman–Crippen LogP) is 1.87. The van der Waals surface area contributed by atoms with Gasteiger partial charge in [0.25, 0.3) is 6.43 Å². The fourth-order valence-electron chi connectivity index (χ4n) is 0.980. The topological polar surface area (TPSA) is 59.4 Å². The van der Waals surface area contributed by atoms with Gasteiger partial charge in [-0.15, -0.1) is 0 Å². The highest BCUT2D eigenvalue weighted by molar-refractivity contribution is 5.85. The Kier molecular flexibility index (Phi) is 3.13. The molecule has 82 valence electrons. The van der Waals surface area contributed by atoms with E-state index >= 15 is 0 Å². The molecule has 0 aliphatic carbocycles. The summed E-state index contributed by atoms with van der Waals surface area (Å²) in [5.74, 6) is -3.51. The van der Waals surface area contributed by atoms with Gasteiger partial charge in [0.2, 0.25) is 0 Å². The van der Waals surface area contributed by atoms with Gasteiger partial charge in [-0.25, -0.2) is 22.9 Å². The van der Waals surface area contributed by atoms with Gasteiger partial charge in [-0.2, -0.15) is 0 Å². The van der Waals surface area contributed by atoms with Crippen LogP contribution in [0.2, 0.25) is 0 Å². The van der Waals surface area contributed by atoms with Crippen molar-refractivity contribution in [1.29, 1.82) is 0 Å². The number of hydrogen-bond acceptors (Lipinski definition) is 3. The smallest absolute Gasteiger partial charge is 0.354 e. The van der Waals surface area contributed by atoms with Crippen LogP contribution in [0, 0.1) is 5.82 Å². The average molecular weight is 221 g/mol. The van der Waals surface area contributed by atoms with Gasteiger partial charge in [-0.1, -0.05) is 0 Å². The van der Waals surface area contributed by atoms with Crippen molar-refractivity contribution in [3.8, 4) is 5.75 Å². The minimum Gasteiger partial charge on any atom is -0.492 e. The Morgan fingerprint density at radius 2 is 2.20 bits per heavy atom. The van der Waals surface area contributed by atoms with Gasteiger partial charge in [0, 0.05) is 6.07 Å². The standard InChI is InChI=1S/C8H6F3NO3/c1-15-6-3(9)2-4(8(13)14)12-5(6)7(10)11/h2,7H,1H3,(H,13,14). The van der Waals surface area contributed by atoms with Gasteiger partial charge in [0.1, 0.15) is 0 Å². The molecule has 1 heterocycles. The summed E-state index contributed by atoms with van der Waals surface area (Å²) in [6.07, 6.45) is -3.10. The summed E-state index contributed by atoms with van der Waals surface area (Å²) in [6, 6.07) is 0.521. The number of carbonyl (C=O) groups is 1. The number of nitrogens with zero attached hydrogens (tertiary/aromatic N) is 1. The Morgan fingerprint density at radius 1 is 1.60 bits per heavy atom. The number of alkyl halides is 2. The molecule has 0 aromatic carbocycles. The second kappa shape index (κ2) is 4.16. The van der Waals surface area contributed by atoms with Crippen LogP contribution in [0.1, 0.15) is 22.6 Å². The fraction of sp³-hybridized carbons (Fsp3) is 0.250. The lowest BCUT2D eigenvalue weighted by atomic mass is 10.2. The van der Waals surface area contributed by atoms with Gasteiger partial charge < -0.3 is 9.84 Å². The van der Waals surface area contributed by atoms with E-state index in [4.69, 9.17) is 5.11 Å². The maximum absolute atomic E-state index is 13.1. The molecule has 0 atom stereocenters. The first-order valence-electron chi connectivity index (χ1n) is 3.73. The molecule has 0 bridgehead atoms. The van der Waals surface area contributed by atoms with E-state index in [2.05, 4.69) is 9.72 Å². The van der Waals surface area contributed by atoms with E-state index in [9.17, 15) is 18.0 Å². The first kappa shape index (κ1) is 11.3. The van der Waals surface area contributed by atoms with Crippen LogP contribution >= 0.6 is 0 Å². The number of aromatic carboxylic acids is 1. The van der Waals surface area contributed by atoms with Crippen LogP contribution in [-0.4, -0.2) is 23.2 Å². The number of carboxylic acid groups (broad SMARTS) is 1. The van der Waals surface area contributed by atoms with E-state index in [0.717, 1.165) is 7.11 Å². The molecule has 4 nitrogen and oxygen atoms in total. The molecule has 0 spiro atoms. The fourth-order valence-corrected chi connectivity index (χ4v) is 0.980. The highest BCUT2D eigenvalue weighted by Gasteiger charge is 2.22. The normalized spacial score (nSPS) is 10.5. The third kappa shape index (κ3) is 2.17. The van der Waals surface area contributed by atoms with Crippen molar-refractivity contribution in [2.45, 2.75) is 6.43 Å². The molecule has 15 heavy (non-hydrogen) atoms. The van der Waals surface area contributed by atoms with Crippen LogP contribution in [0.15, 0.2) is 6.07 Å². The summed E-state index contributed by atoms with van der Waals surface area (Å²) < 4.78 is 42.1. The highest BCUT2D eigenvalue weighted by Crippen LogP contribution is 2.29. The second-order valence-electron chi connectivity index (χ2n) is 2.51. The van der Waals surface area contributed by atoms with E-state index in [0.29, 0.717) is 6.07 Å². The van der Waals surface area contributed by atoms with E-state index in [1.54, 1.807) is 0 Å². The predicted molar refractivity (Wildman–Crippen MR) is 42.7 cm³/mol. The zero-order chi connectivity index (χ0) is 11.6. The van der Waals surface area contributed by atoms with Crippen LogP contribution in [-0.2, 0) is 0 Å². The Hall–Kier alpha value is -1.79. The van der Waals surface area contributed by atoms with E-state index in [1.807, 2.05) is 0 Å². The molecule has 0 fully saturated rings. The lowest BCUT2D eigenvalue weighted by Gasteiger charge is -2.08. The molecule has 1 N–H and O–H groups in total. The number of methoxy groups -OCH3 is 1. The van der Waals surface area contributed by atoms with Gasteiger partial charge in [-0.3, -0.25) is 0 Å². The lowest BCUT2D eigenvalue weighted by molar-refractivity contribution is 0.0687. The summed E-state index contributed by atoms with van der Waals surface area (Å²) in [5.41, 5.74) is -1.81. The number of carboxylic acids is 1. The lowest BCUT2D eigenvalue weighted by Crippen LogP contribution is -2.07. The highest BCUT2D eigenvalue weighted by atomic mass is 19.3. The number of pyridine rings is 1. The molecular weight excluding hydrogens is 215 g/mol. The summed E-state index contributed by atoms with van der Waals surface area (Å²) in [4.78, 5) is 13.5. The van der Waals surface area contributed by atoms with Crippen molar-refractivity contribution in [3.63, 3.8) is 0 Å². The van der Waals surface area contributed by atoms with Gasteiger partial charge in [0.15, 0.2) is 23.0 Å². The average Bonchev–Trinajstić information content (AvgIpc) is 2.16. The molecule has 0 amide bonds. The van der Waals surface area contributed by atoms with Gasteiger partial charge in [0.05, 0.1) is 7.11 Å². The monoisotopic (exact) mass is 221 g/mol. The van der Waals surface area contributed by atoms with E-state index in [1.165, 1.54) is 0 Å². The first-order chi connectivity index (χ1) is 6.97. The van der Waals surface area contributed by atoms with Crippen LogP contribution in [0.4, 0.5) is 13.2 Å². The Morgan fingerprint density at radius 3 is 2.60 bits per heavy atom. The van der Waals surface area contributed by atoms with Gasteiger partial charge >= 0.3 is 5.97 Å². The molecule has 0 aliphatic heterocycles. The van der Waals surface area contributed by atoms with Crippen LogP contribution in [0.25, 0.3) is 0 Å². The van der Waals surface area contributed by atoms with Crippen LogP contribution in [0.5, 0.6) is 5.75 Å². The molecule has 0 aliphatic rings. The molecule has 0 radical (unpaired) electrons. The Balaban J connectivity index is 3.38. The van der Waals surface area contributed by atoms with Crippen molar-refractivity contribution >= 4 is 5.97 Å². The maximum Gasteiger partial charge on any atom is 0.354 e. The third-order valence-electron chi connectivity index (χ3n) is 1.58. The van der Waals surface area contributed by atoms with Gasteiger partial charge in [-0.05, 0) is 0 Å². The first-order valence-corrected chi connectivity index (χ1v) is 3.73. The van der Waals surface area contributed by atoms with Crippen LogP contribution < -0.4 is 4.74 Å². The molecule has 0 unspecified atom stereocenters. The second-order valence-corrected chi connectivity index (χ2v) is 2.51. The zero-order valence-corrected chi connectivity index (χ0v) is 7.50. The number of ether oxygens (including phenoxy) is 1.